The van der Waals surface area contributed by atoms with Gasteiger partial charge in [-0.25, -0.2) is 13.8 Å². The Labute approximate surface area is 110 Å². The van der Waals surface area contributed by atoms with E-state index in [1.54, 1.807) is 6.20 Å². The molecule has 17 heavy (non-hydrogen) atoms. The number of rotatable bonds is 3. The average Bonchev–Trinajstić information content (AvgIpc) is 2.70. The van der Waals surface area contributed by atoms with Crippen LogP contribution in [0.25, 0.3) is 0 Å². The highest BCUT2D eigenvalue weighted by Crippen LogP contribution is 2.28. The number of aromatic nitrogens is 1. The molecular formula is C10H6Cl2F2N2S. The van der Waals surface area contributed by atoms with Crippen LogP contribution in [0.5, 0.6) is 0 Å². The van der Waals surface area contributed by atoms with Crippen LogP contribution in [0.3, 0.4) is 0 Å². The highest BCUT2D eigenvalue weighted by atomic mass is 35.5. The van der Waals surface area contributed by atoms with Gasteiger partial charge in [0.25, 0.3) is 0 Å². The maximum absolute atomic E-state index is 13.4. The van der Waals surface area contributed by atoms with Crippen molar-refractivity contribution in [3.63, 3.8) is 0 Å². The van der Waals surface area contributed by atoms with Gasteiger partial charge in [-0.2, -0.15) is 0 Å². The molecule has 0 aliphatic rings. The normalized spacial score (nSPS) is 10.6. The molecule has 0 saturated heterocycles. The van der Waals surface area contributed by atoms with Gasteiger partial charge >= 0.3 is 0 Å². The molecule has 0 fully saturated rings. The lowest BCUT2D eigenvalue weighted by Gasteiger charge is -2.08. The Morgan fingerprint density at radius 3 is 2.71 bits per heavy atom. The van der Waals surface area contributed by atoms with Crippen LogP contribution in [0.1, 0.15) is 4.88 Å². The fourth-order valence-corrected chi connectivity index (χ4v) is 2.36. The van der Waals surface area contributed by atoms with Gasteiger partial charge in [0.1, 0.15) is 0 Å². The maximum atomic E-state index is 13.4. The molecule has 1 aromatic heterocycles. The smallest absolute Gasteiger partial charge is 0.183 e. The van der Waals surface area contributed by atoms with E-state index in [-0.39, 0.29) is 17.3 Å². The van der Waals surface area contributed by atoms with Crippen molar-refractivity contribution in [3.8, 4) is 0 Å². The molecular weight excluding hydrogens is 289 g/mol. The van der Waals surface area contributed by atoms with E-state index in [2.05, 4.69) is 10.3 Å². The largest absolute Gasteiger partial charge is 0.376 e. The molecule has 0 aliphatic heterocycles. The summed E-state index contributed by atoms with van der Waals surface area (Å²) in [5.41, 5.74) is -0.0591. The molecule has 7 heteroatoms. The zero-order valence-corrected chi connectivity index (χ0v) is 10.6. The summed E-state index contributed by atoms with van der Waals surface area (Å²) in [4.78, 5) is 4.64. The number of benzene rings is 1. The molecule has 0 spiro atoms. The Bertz CT molecular complexity index is 545. The highest BCUT2D eigenvalue weighted by Gasteiger charge is 2.12. The lowest BCUT2D eigenvalue weighted by Crippen LogP contribution is -2.02. The predicted octanol–water partition coefficient (Wildman–Crippen LogP) is 4.34. The Morgan fingerprint density at radius 1 is 1.29 bits per heavy atom. The summed E-state index contributed by atoms with van der Waals surface area (Å²) in [6.07, 6.45) is 1.56. The third kappa shape index (κ3) is 2.86. The molecule has 0 bridgehead atoms. The minimum Gasteiger partial charge on any atom is -0.376 e. The van der Waals surface area contributed by atoms with Gasteiger partial charge in [-0.1, -0.05) is 23.2 Å². The number of nitrogens with one attached hydrogen (secondary N) is 1. The van der Waals surface area contributed by atoms with Gasteiger partial charge in [-0.05, 0) is 12.1 Å². The van der Waals surface area contributed by atoms with Gasteiger partial charge in [-0.15, -0.1) is 11.3 Å². The van der Waals surface area contributed by atoms with Crippen LogP contribution in [-0.2, 0) is 6.54 Å². The molecule has 0 radical (unpaired) electrons. The Kier molecular flexibility index (Phi) is 3.81. The fourth-order valence-electron chi connectivity index (χ4n) is 1.23. The Hall–Kier alpha value is -0.910. The summed E-state index contributed by atoms with van der Waals surface area (Å²) < 4.78 is 26.8. The van der Waals surface area contributed by atoms with E-state index in [0.29, 0.717) is 4.47 Å². The number of anilines is 1. The molecule has 0 saturated carbocycles. The molecule has 0 aliphatic carbocycles. The maximum Gasteiger partial charge on any atom is 0.183 e. The van der Waals surface area contributed by atoms with Gasteiger partial charge in [0.15, 0.2) is 16.1 Å². The predicted molar refractivity (Wildman–Crippen MR) is 65.8 cm³/mol. The van der Waals surface area contributed by atoms with Gasteiger partial charge < -0.3 is 5.32 Å². The van der Waals surface area contributed by atoms with E-state index in [4.69, 9.17) is 23.2 Å². The van der Waals surface area contributed by atoms with Crippen LogP contribution in [0, 0.1) is 11.6 Å². The number of hydrogen-bond donors (Lipinski definition) is 1. The summed E-state index contributed by atoms with van der Waals surface area (Å²) >= 11 is 12.7. The quantitative estimate of drug-likeness (QED) is 0.852. The van der Waals surface area contributed by atoms with Crippen molar-refractivity contribution in [2.45, 2.75) is 6.54 Å². The van der Waals surface area contributed by atoms with Crippen molar-refractivity contribution >= 4 is 40.2 Å². The van der Waals surface area contributed by atoms with Crippen LogP contribution >= 0.6 is 34.5 Å². The van der Waals surface area contributed by atoms with Gasteiger partial charge in [0, 0.05) is 11.1 Å². The second-order valence-corrected chi connectivity index (χ2v) is 5.26. The molecule has 2 rings (SSSR count). The molecule has 2 aromatic rings. The van der Waals surface area contributed by atoms with Crippen LogP contribution in [0.15, 0.2) is 18.3 Å². The number of hydrogen-bond acceptors (Lipinski definition) is 3. The number of halogens is 4. The molecule has 1 N–H and O–H groups in total. The summed E-state index contributed by atoms with van der Waals surface area (Å²) in [5.74, 6) is -1.94. The summed E-state index contributed by atoms with van der Waals surface area (Å²) in [6.45, 7) is 0.282. The van der Waals surface area contributed by atoms with E-state index < -0.39 is 11.6 Å². The first-order valence-electron chi connectivity index (χ1n) is 4.55. The van der Waals surface area contributed by atoms with E-state index in [0.717, 1.165) is 10.9 Å². The minimum absolute atomic E-state index is 0.0591. The van der Waals surface area contributed by atoms with Crippen molar-refractivity contribution in [2.75, 3.05) is 5.32 Å². The van der Waals surface area contributed by atoms with Crippen molar-refractivity contribution in [1.29, 1.82) is 0 Å². The molecule has 90 valence electrons. The lowest BCUT2D eigenvalue weighted by molar-refractivity contribution is 0.511. The summed E-state index contributed by atoms with van der Waals surface area (Å²) in [7, 11) is 0. The zero-order chi connectivity index (χ0) is 12.4. The SMILES string of the molecule is Fc1ccc(Cl)c(NCc2cnc(Cl)s2)c1F. The highest BCUT2D eigenvalue weighted by molar-refractivity contribution is 7.15. The Morgan fingerprint density at radius 2 is 2.06 bits per heavy atom. The third-order valence-corrected chi connectivity index (χ3v) is 3.44. The first kappa shape index (κ1) is 12.5. The van der Waals surface area contributed by atoms with Crippen LogP contribution < -0.4 is 5.32 Å². The van der Waals surface area contributed by atoms with Crippen LogP contribution in [0.2, 0.25) is 9.49 Å². The van der Waals surface area contributed by atoms with E-state index in [1.807, 2.05) is 0 Å². The summed E-state index contributed by atoms with van der Waals surface area (Å²) in [5, 5.41) is 2.84. The average molecular weight is 295 g/mol. The Balaban J connectivity index is 2.16. The number of nitrogens with zero attached hydrogens (tertiary/aromatic N) is 1. The molecule has 0 unspecified atom stereocenters. The second kappa shape index (κ2) is 5.16. The van der Waals surface area contributed by atoms with E-state index >= 15 is 0 Å². The lowest BCUT2D eigenvalue weighted by atomic mass is 10.3. The van der Waals surface area contributed by atoms with Crippen molar-refractivity contribution in [2.24, 2.45) is 0 Å². The molecule has 0 atom stereocenters. The summed E-state index contributed by atoms with van der Waals surface area (Å²) in [6, 6.07) is 2.27. The second-order valence-electron chi connectivity index (χ2n) is 3.15. The fraction of sp³-hybridized carbons (Fsp3) is 0.100. The van der Waals surface area contributed by atoms with E-state index in [1.165, 1.54) is 17.4 Å². The first-order valence-corrected chi connectivity index (χ1v) is 6.12. The zero-order valence-electron chi connectivity index (χ0n) is 8.31. The van der Waals surface area contributed by atoms with E-state index in [9.17, 15) is 8.78 Å². The van der Waals surface area contributed by atoms with Gasteiger partial charge in [-0.3, -0.25) is 0 Å². The topological polar surface area (TPSA) is 24.9 Å². The third-order valence-electron chi connectivity index (χ3n) is 2.01. The minimum atomic E-state index is -0.992. The van der Waals surface area contributed by atoms with Crippen LogP contribution in [0.4, 0.5) is 14.5 Å². The van der Waals surface area contributed by atoms with Crippen molar-refractivity contribution in [3.05, 3.63) is 44.3 Å². The van der Waals surface area contributed by atoms with Crippen molar-refractivity contribution < 1.29 is 8.78 Å². The van der Waals surface area contributed by atoms with Gasteiger partial charge in [0.2, 0.25) is 0 Å². The molecule has 2 nitrogen and oxygen atoms in total. The van der Waals surface area contributed by atoms with Crippen LogP contribution in [-0.4, -0.2) is 4.98 Å². The standard InChI is InChI=1S/C10H6Cl2F2N2S/c11-6-1-2-7(13)8(14)9(6)15-3-5-4-16-10(12)17-5/h1-2,4,15H,3H2. The number of thiazole rings is 1. The van der Waals surface area contributed by atoms with Crippen molar-refractivity contribution in [1.82, 2.24) is 4.98 Å². The molecule has 1 aromatic carbocycles. The monoisotopic (exact) mass is 294 g/mol. The van der Waals surface area contributed by atoms with Gasteiger partial charge in [0.05, 0.1) is 17.3 Å². The molecule has 1 heterocycles. The first-order chi connectivity index (χ1) is 8.08. The molecule has 0 amide bonds.